The Bertz CT molecular complexity index is 346. The number of anilines is 1. The highest BCUT2D eigenvalue weighted by Crippen LogP contribution is 2.32. The molecule has 0 radical (unpaired) electrons. The average Bonchev–Trinajstić information content (AvgIpc) is 2.82. The highest BCUT2D eigenvalue weighted by Gasteiger charge is 2.16. The maximum Gasteiger partial charge on any atom is 0.0423 e. The van der Waals surface area contributed by atoms with Gasteiger partial charge in [-0.15, -0.1) is 11.8 Å². The van der Waals surface area contributed by atoms with E-state index in [1.165, 1.54) is 42.1 Å². The van der Waals surface area contributed by atoms with Gasteiger partial charge in [-0.25, -0.2) is 0 Å². The molecule has 0 saturated carbocycles. The molecule has 1 aliphatic heterocycles. The number of nitrogens with zero attached hydrogens (tertiary/aromatic N) is 1. The normalized spacial score (nSPS) is 15.8. The van der Waals surface area contributed by atoms with Gasteiger partial charge in [0.1, 0.15) is 0 Å². The van der Waals surface area contributed by atoms with Crippen molar-refractivity contribution >= 4 is 17.4 Å². The molecule has 0 bridgehead atoms. The molecule has 88 valence electrons. The number of hydrogen-bond donors (Lipinski definition) is 1. The van der Waals surface area contributed by atoms with Gasteiger partial charge in [0.2, 0.25) is 0 Å². The first-order valence-electron chi connectivity index (χ1n) is 6.06. The van der Waals surface area contributed by atoms with Gasteiger partial charge in [-0.05, 0) is 30.7 Å². The minimum atomic E-state index is 0.648. The molecule has 0 atom stereocenters. The topological polar surface area (TPSA) is 29.3 Å². The summed E-state index contributed by atoms with van der Waals surface area (Å²) in [5, 5.41) is 0. The van der Waals surface area contributed by atoms with Crippen molar-refractivity contribution in [2.45, 2.75) is 31.2 Å². The molecule has 1 saturated heterocycles. The summed E-state index contributed by atoms with van der Waals surface area (Å²) in [6, 6.07) is 6.56. The summed E-state index contributed by atoms with van der Waals surface area (Å²) in [6.07, 6.45) is 2.63. The average molecular weight is 236 g/mol. The number of nitrogens with two attached hydrogens (primary N) is 1. The first-order chi connectivity index (χ1) is 7.86. The van der Waals surface area contributed by atoms with Crippen LogP contribution in [0, 0.1) is 0 Å². The molecule has 1 aliphatic rings. The van der Waals surface area contributed by atoms with Gasteiger partial charge in [-0.1, -0.05) is 13.0 Å². The van der Waals surface area contributed by atoms with E-state index in [9.17, 15) is 0 Å². The Balaban J connectivity index is 2.31. The molecule has 1 fully saturated rings. The standard InChI is InChI=1S/C13H20N2S/c1-2-16-13-7-5-6-12(11(13)10-14)15-8-3-4-9-15/h5-7H,2-4,8-10,14H2,1H3. The van der Waals surface area contributed by atoms with E-state index in [1.807, 2.05) is 11.8 Å². The predicted molar refractivity (Wildman–Crippen MR) is 72.2 cm³/mol. The van der Waals surface area contributed by atoms with E-state index >= 15 is 0 Å². The SMILES string of the molecule is CCSc1cccc(N2CCCC2)c1CN. The smallest absolute Gasteiger partial charge is 0.0423 e. The largest absolute Gasteiger partial charge is 0.371 e. The van der Waals surface area contributed by atoms with E-state index in [1.54, 1.807) is 0 Å². The molecule has 0 aliphatic carbocycles. The van der Waals surface area contributed by atoms with E-state index in [0.29, 0.717) is 6.54 Å². The lowest BCUT2D eigenvalue weighted by Crippen LogP contribution is -2.20. The lowest BCUT2D eigenvalue weighted by molar-refractivity contribution is 0.925. The maximum atomic E-state index is 5.91. The van der Waals surface area contributed by atoms with Crippen molar-refractivity contribution < 1.29 is 0 Å². The highest BCUT2D eigenvalue weighted by molar-refractivity contribution is 7.99. The van der Waals surface area contributed by atoms with Crippen LogP contribution in [0.3, 0.4) is 0 Å². The van der Waals surface area contributed by atoms with Crippen LogP contribution in [0.4, 0.5) is 5.69 Å². The van der Waals surface area contributed by atoms with Crippen molar-refractivity contribution in [3.8, 4) is 0 Å². The van der Waals surface area contributed by atoms with Crippen LogP contribution in [0.25, 0.3) is 0 Å². The monoisotopic (exact) mass is 236 g/mol. The Morgan fingerprint density at radius 3 is 2.69 bits per heavy atom. The molecule has 0 unspecified atom stereocenters. The van der Waals surface area contributed by atoms with E-state index in [4.69, 9.17) is 5.73 Å². The molecule has 1 heterocycles. The Morgan fingerprint density at radius 2 is 2.06 bits per heavy atom. The quantitative estimate of drug-likeness (QED) is 0.815. The van der Waals surface area contributed by atoms with E-state index in [2.05, 4.69) is 30.0 Å². The summed E-state index contributed by atoms with van der Waals surface area (Å²) in [4.78, 5) is 3.83. The third-order valence-corrected chi connectivity index (χ3v) is 4.04. The van der Waals surface area contributed by atoms with Crippen LogP contribution in [-0.2, 0) is 6.54 Å². The molecular weight excluding hydrogens is 216 g/mol. The van der Waals surface area contributed by atoms with Gasteiger partial charge in [-0.2, -0.15) is 0 Å². The van der Waals surface area contributed by atoms with Crippen molar-refractivity contribution in [1.82, 2.24) is 0 Å². The molecule has 2 rings (SSSR count). The molecular formula is C13H20N2S. The number of rotatable bonds is 4. The minimum Gasteiger partial charge on any atom is -0.371 e. The lowest BCUT2D eigenvalue weighted by Gasteiger charge is -2.22. The fourth-order valence-corrected chi connectivity index (χ4v) is 3.15. The van der Waals surface area contributed by atoms with Crippen LogP contribution >= 0.6 is 11.8 Å². The highest BCUT2D eigenvalue weighted by atomic mass is 32.2. The van der Waals surface area contributed by atoms with Crippen LogP contribution in [0.15, 0.2) is 23.1 Å². The number of thioether (sulfide) groups is 1. The first kappa shape index (κ1) is 11.8. The summed E-state index contributed by atoms with van der Waals surface area (Å²) >= 11 is 1.89. The second-order valence-corrected chi connectivity index (χ2v) is 5.39. The van der Waals surface area contributed by atoms with Crippen molar-refractivity contribution in [3.05, 3.63) is 23.8 Å². The third kappa shape index (κ3) is 2.36. The molecule has 0 spiro atoms. The Hall–Kier alpha value is -0.670. The minimum absolute atomic E-state index is 0.648. The molecule has 0 amide bonds. The number of benzene rings is 1. The van der Waals surface area contributed by atoms with Gasteiger partial charge < -0.3 is 10.6 Å². The Morgan fingerprint density at radius 1 is 1.31 bits per heavy atom. The first-order valence-corrected chi connectivity index (χ1v) is 7.05. The zero-order chi connectivity index (χ0) is 11.4. The molecule has 16 heavy (non-hydrogen) atoms. The van der Waals surface area contributed by atoms with Gasteiger partial charge in [0.15, 0.2) is 0 Å². The summed E-state index contributed by atoms with van der Waals surface area (Å²) in [5.74, 6) is 1.11. The lowest BCUT2D eigenvalue weighted by atomic mass is 10.1. The van der Waals surface area contributed by atoms with Gasteiger partial charge >= 0.3 is 0 Å². The zero-order valence-electron chi connectivity index (χ0n) is 9.91. The second-order valence-electron chi connectivity index (χ2n) is 4.09. The van der Waals surface area contributed by atoms with Crippen LogP contribution < -0.4 is 10.6 Å². The molecule has 1 aromatic rings. The molecule has 2 nitrogen and oxygen atoms in total. The van der Waals surface area contributed by atoms with Crippen LogP contribution in [0.2, 0.25) is 0 Å². The van der Waals surface area contributed by atoms with E-state index in [0.717, 1.165) is 5.75 Å². The Kier molecular flexibility index (Phi) is 4.13. The summed E-state index contributed by atoms with van der Waals surface area (Å²) in [5.41, 5.74) is 8.60. The van der Waals surface area contributed by atoms with Gasteiger partial charge in [0, 0.05) is 35.8 Å². The third-order valence-electron chi connectivity index (χ3n) is 3.06. The van der Waals surface area contributed by atoms with E-state index < -0.39 is 0 Å². The van der Waals surface area contributed by atoms with Crippen LogP contribution in [0.1, 0.15) is 25.3 Å². The van der Waals surface area contributed by atoms with Crippen molar-refractivity contribution in [3.63, 3.8) is 0 Å². The molecule has 2 N–H and O–H groups in total. The van der Waals surface area contributed by atoms with Crippen LogP contribution in [0.5, 0.6) is 0 Å². The fraction of sp³-hybridized carbons (Fsp3) is 0.538. The van der Waals surface area contributed by atoms with Crippen LogP contribution in [-0.4, -0.2) is 18.8 Å². The summed E-state index contributed by atoms with van der Waals surface area (Å²) in [6.45, 7) is 5.21. The maximum absolute atomic E-state index is 5.91. The van der Waals surface area contributed by atoms with Crippen molar-refractivity contribution in [2.75, 3.05) is 23.7 Å². The predicted octanol–water partition coefficient (Wildman–Crippen LogP) is 2.86. The molecule has 0 aromatic heterocycles. The van der Waals surface area contributed by atoms with Crippen molar-refractivity contribution in [1.29, 1.82) is 0 Å². The van der Waals surface area contributed by atoms with Crippen molar-refractivity contribution in [2.24, 2.45) is 5.73 Å². The Labute approximate surface area is 102 Å². The zero-order valence-corrected chi connectivity index (χ0v) is 10.7. The van der Waals surface area contributed by atoms with Gasteiger partial charge in [0.25, 0.3) is 0 Å². The molecule has 1 aromatic carbocycles. The van der Waals surface area contributed by atoms with E-state index in [-0.39, 0.29) is 0 Å². The number of hydrogen-bond acceptors (Lipinski definition) is 3. The summed E-state index contributed by atoms with van der Waals surface area (Å²) < 4.78 is 0. The second kappa shape index (κ2) is 5.60. The fourth-order valence-electron chi connectivity index (χ4n) is 2.30. The van der Waals surface area contributed by atoms with Gasteiger partial charge in [-0.3, -0.25) is 0 Å². The van der Waals surface area contributed by atoms with Gasteiger partial charge in [0.05, 0.1) is 0 Å². The molecule has 3 heteroatoms. The summed E-state index contributed by atoms with van der Waals surface area (Å²) in [7, 11) is 0.